The minimum absolute atomic E-state index is 0.00550. The SMILES string of the molecule is CC(C)(C)C(=O)Nc1ccc(Cc2cc3c(cc2Cl)OCO3)cc1. The van der Waals surface area contributed by atoms with Gasteiger partial charge in [0.05, 0.1) is 0 Å². The van der Waals surface area contributed by atoms with Crippen LogP contribution in [0.25, 0.3) is 0 Å². The molecule has 126 valence electrons. The molecule has 0 saturated heterocycles. The van der Waals surface area contributed by atoms with Gasteiger partial charge >= 0.3 is 0 Å². The molecule has 2 aromatic rings. The van der Waals surface area contributed by atoms with Crippen LogP contribution in [-0.4, -0.2) is 12.7 Å². The topological polar surface area (TPSA) is 47.6 Å². The predicted octanol–water partition coefficient (Wildman–Crippen LogP) is 4.64. The maximum atomic E-state index is 12.0. The number of hydrogen-bond acceptors (Lipinski definition) is 3. The number of halogens is 1. The van der Waals surface area contributed by atoms with Crippen molar-refractivity contribution < 1.29 is 14.3 Å². The molecule has 0 fully saturated rings. The van der Waals surface area contributed by atoms with Crippen LogP contribution in [0, 0.1) is 5.41 Å². The molecule has 1 amide bonds. The second-order valence-electron chi connectivity index (χ2n) is 6.87. The monoisotopic (exact) mass is 345 g/mol. The highest BCUT2D eigenvalue weighted by Gasteiger charge is 2.21. The molecular formula is C19H20ClNO3. The van der Waals surface area contributed by atoms with Crippen LogP contribution < -0.4 is 14.8 Å². The van der Waals surface area contributed by atoms with E-state index in [1.54, 1.807) is 6.07 Å². The average molecular weight is 346 g/mol. The minimum atomic E-state index is -0.418. The third kappa shape index (κ3) is 3.65. The lowest BCUT2D eigenvalue weighted by Crippen LogP contribution is -2.27. The molecule has 0 bridgehead atoms. The summed E-state index contributed by atoms with van der Waals surface area (Å²) in [5.74, 6) is 1.40. The van der Waals surface area contributed by atoms with Crippen molar-refractivity contribution in [1.82, 2.24) is 0 Å². The average Bonchev–Trinajstić information content (AvgIpc) is 2.95. The first-order valence-corrected chi connectivity index (χ1v) is 8.19. The van der Waals surface area contributed by atoms with Gasteiger partial charge in [0.25, 0.3) is 0 Å². The molecule has 1 N–H and O–H groups in total. The Labute approximate surface area is 146 Å². The van der Waals surface area contributed by atoms with Crippen molar-refractivity contribution in [3.8, 4) is 11.5 Å². The van der Waals surface area contributed by atoms with Crippen LogP contribution >= 0.6 is 11.6 Å². The number of carbonyl (C=O) groups is 1. The zero-order valence-corrected chi connectivity index (χ0v) is 14.7. The van der Waals surface area contributed by atoms with Gasteiger partial charge in [-0.15, -0.1) is 0 Å². The lowest BCUT2D eigenvalue weighted by molar-refractivity contribution is -0.123. The highest BCUT2D eigenvalue weighted by atomic mass is 35.5. The number of hydrogen-bond donors (Lipinski definition) is 1. The van der Waals surface area contributed by atoms with Crippen molar-refractivity contribution in [1.29, 1.82) is 0 Å². The third-order valence-corrected chi connectivity index (χ3v) is 4.18. The molecule has 24 heavy (non-hydrogen) atoms. The smallest absolute Gasteiger partial charge is 0.231 e. The number of anilines is 1. The van der Waals surface area contributed by atoms with Gasteiger partial charge in [-0.05, 0) is 35.7 Å². The molecule has 0 radical (unpaired) electrons. The van der Waals surface area contributed by atoms with E-state index in [9.17, 15) is 4.79 Å². The molecule has 3 rings (SSSR count). The van der Waals surface area contributed by atoms with Crippen LogP contribution in [-0.2, 0) is 11.2 Å². The number of rotatable bonds is 3. The Bertz CT molecular complexity index is 763. The first kappa shape index (κ1) is 16.7. The van der Waals surface area contributed by atoms with E-state index in [-0.39, 0.29) is 12.7 Å². The van der Waals surface area contributed by atoms with Gasteiger partial charge in [-0.25, -0.2) is 0 Å². The van der Waals surface area contributed by atoms with Crippen molar-refractivity contribution in [2.24, 2.45) is 5.41 Å². The van der Waals surface area contributed by atoms with Gasteiger partial charge in [0.15, 0.2) is 11.5 Å². The van der Waals surface area contributed by atoms with E-state index in [0.29, 0.717) is 17.2 Å². The van der Waals surface area contributed by atoms with Gasteiger partial charge in [0.2, 0.25) is 12.7 Å². The fraction of sp³-hybridized carbons (Fsp3) is 0.316. The molecule has 0 atom stereocenters. The minimum Gasteiger partial charge on any atom is -0.454 e. The van der Waals surface area contributed by atoms with Crippen LogP contribution in [0.2, 0.25) is 5.02 Å². The zero-order chi connectivity index (χ0) is 17.3. The van der Waals surface area contributed by atoms with E-state index >= 15 is 0 Å². The summed E-state index contributed by atoms with van der Waals surface area (Å²) in [6, 6.07) is 11.5. The standard InChI is InChI=1S/C19H20ClNO3/c1-19(2,3)18(22)21-14-6-4-12(5-7-14)8-13-9-16-17(10-15(13)20)24-11-23-16/h4-7,9-10H,8,11H2,1-3H3,(H,21,22). The molecule has 1 aliphatic heterocycles. The summed E-state index contributed by atoms with van der Waals surface area (Å²) < 4.78 is 10.7. The Morgan fingerprint density at radius 3 is 2.38 bits per heavy atom. The molecule has 0 spiro atoms. The lowest BCUT2D eigenvalue weighted by atomic mass is 9.95. The van der Waals surface area contributed by atoms with Crippen LogP contribution in [0.3, 0.4) is 0 Å². The normalized spacial score (nSPS) is 13.0. The molecule has 0 aromatic heterocycles. The molecule has 0 unspecified atom stereocenters. The fourth-order valence-corrected chi connectivity index (χ4v) is 2.56. The van der Waals surface area contributed by atoms with Crippen molar-refractivity contribution in [3.63, 3.8) is 0 Å². The Morgan fingerprint density at radius 2 is 1.75 bits per heavy atom. The van der Waals surface area contributed by atoms with E-state index in [1.165, 1.54) is 0 Å². The molecule has 4 nitrogen and oxygen atoms in total. The van der Waals surface area contributed by atoms with Gasteiger partial charge < -0.3 is 14.8 Å². The highest BCUT2D eigenvalue weighted by molar-refractivity contribution is 6.31. The quantitative estimate of drug-likeness (QED) is 0.881. The van der Waals surface area contributed by atoms with E-state index in [1.807, 2.05) is 51.1 Å². The molecule has 0 saturated carbocycles. The van der Waals surface area contributed by atoms with Crippen LogP contribution in [0.4, 0.5) is 5.69 Å². The van der Waals surface area contributed by atoms with Crippen molar-refractivity contribution in [2.45, 2.75) is 27.2 Å². The summed E-state index contributed by atoms with van der Waals surface area (Å²) in [6.45, 7) is 5.90. The molecule has 0 aliphatic carbocycles. The Hall–Kier alpha value is -2.20. The molecule has 5 heteroatoms. The van der Waals surface area contributed by atoms with Gasteiger partial charge in [0, 0.05) is 22.2 Å². The van der Waals surface area contributed by atoms with E-state index < -0.39 is 5.41 Å². The maximum Gasteiger partial charge on any atom is 0.231 e. The van der Waals surface area contributed by atoms with E-state index in [4.69, 9.17) is 21.1 Å². The molecular weight excluding hydrogens is 326 g/mol. The van der Waals surface area contributed by atoms with Crippen molar-refractivity contribution >= 4 is 23.2 Å². The summed E-state index contributed by atoms with van der Waals surface area (Å²) in [4.78, 5) is 12.0. The molecule has 1 heterocycles. The highest BCUT2D eigenvalue weighted by Crippen LogP contribution is 2.37. The van der Waals surface area contributed by atoms with E-state index in [0.717, 1.165) is 22.6 Å². The number of fused-ring (bicyclic) bond motifs is 1. The van der Waals surface area contributed by atoms with Crippen molar-refractivity contribution in [3.05, 3.63) is 52.5 Å². The Balaban J connectivity index is 1.72. The Morgan fingerprint density at radius 1 is 1.12 bits per heavy atom. The first-order valence-electron chi connectivity index (χ1n) is 7.81. The summed E-state index contributed by atoms with van der Waals surface area (Å²) in [6.07, 6.45) is 0.684. The number of nitrogens with one attached hydrogen (secondary N) is 1. The van der Waals surface area contributed by atoms with Crippen LogP contribution in [0.1, 0.15) is 31.9 Å². The Kier molecular flexibility index (Phi) is 4.41. The van der Waals surface area contributed by atoms with E-state index in [2.05, 4.69) is 5.32 Å². The summed E-state index contributed by atoms with van der Waals surface area (Å²) in [5, 5.41) is 3.57. The number of benzene rings is 2. The molecule has 2 aromatic carbocycles. The third-order valence-electron chi connectivity index (χ3n) is 3.83. The van der Waals surface area contributed by atoms with Gasteiger partial charge in [0.1, 0.15) is 0 Å². The molecule has 1 aliphatic rings. The summed E-state index contributed by atoms with van der Waals surface area (Å²) >= 11 is 6.32. The largest absolute Gasteiger partial charge is 0.454 e. The fourth-order valence-electron chi connectivity index (χ4n) is 2.34. The maximum absolute atomic E-state index is 12.0. The van der Waals surface area contributed by atoms with Crippen LogP contribution in [0.5, 0.6) is 11.5 Å². The zero-order valence-electron chi connectivity index (χ0n) is 14.0. The van der Waals surface area contributed by atoms with Crippen LogP contribution in [0.15, 0.2) is 36.4 Å². The van der Waals surface area contributed by atoms with Gasteiger partial charge in [-0.1, -0.05) is 44.5 Å². The lowest BCUT2D eigenvalue weighted by Gasteiger charge is -2.17. The van der Waals surface area contributed by atoms with Gasteiger partial charge in [-0.3, -0.25) is 4.79 Å². The van der Waals surface area contributed by atoms with Gasteiger partial charge in [-0.2, -0.15) is 0 Å². The number of amides is 1. The van der Waals surface area contributed by atoms with Crippen molar-refractivity contribution in [2.75, 3.05) is 12.1 Å². The predicted molar refractivity (Wildman–Crippen MR) is 94.9 cm³/mol. The number of carbonyl (C=O) groups excluding carboxylic acids is 1. The summed E-state index contributed by atoms with van der Waals surface area (Å²) in [5.41, 5.74) is 2.45. The number of ether oxygens (including phenoxy) is 2. The second-order valence-corrected chi connectivity index (χ2v) is 7.28. The first-order chi connectivity index (χ1) is 11.3. The summed E-state index contributed by atoms with van der Waals surface area (Å²) in [7, 11) is 0. The second kappa shape index (κ2) is 6.36.